The van der Waals surface area contributed by atoms with E-state index in [-0.39, 0.29) is 0 Å². The summed E-state index contributed by atoms with van der Waals surface area (Å²) in [5.41, 5.74) is 0.578. The van der Waals surface area contributed by atoms with Crippen molar-refractivity contribution in [1.29, 1.82) is 0 Å². The number of nitrogens with one attached hydrogen (secondary N) is 1. The lowest BCUT2D eigenvalue weighted by Crippen LogP contribution is -2.74. The zero-order valence-corrected chi connectivity index (χ0v) is 7.24. The van der Waals surface area contributed by atoms with Crippen molar-refractivity contribution in [2.24, 2.45) is 11.8 Å². The molecule has 0 saturated heterocycles. The Hall–Kier alpha value is 0.440. The van der Waals surface area contributed by atoms with Crippen LogP contribution in [0.4, 0.5) is 0 Å². The number of alkyl halides is 1. The third kappa shape index (κ3) is 0.541. The van der Waals surface area contributed by atoms with Crippen LogP contribution in [0.3, 0.4) is 0 Å². The van der Waals surface area contributed by atoms with Crippen LogP contribution in [0, 0.1) is 11.8 Å². The Balaban J connectivity index is 2.01. The molecule has 3 rings (SSSR count). The van der Waals surface area contributed by atoms with E-state index >= 15 is 0 Å². The fourth-order valence-corrected chi connectivity index (χ4v) is 3.40. The Labute approximate surface area is 64.3 Å². The van der Waals surface area contributed by atoms with Crippen LogP contribution in [0.25, 0.3) is 0 Å². The zero-order valence-electron chi connectivity index (χ0n) is 5.65. The van der Waals surface area contributed by atoms with Gasteiger partial charge in [0.1, 0.15) is 0 Å². The SMILES string of the molecule is CNC12CC(C1)C2CBr. The molecule has 52 valence electrons. The first-order valence-electron chi connectivity index (χ1n) is 3.57. The van der Waals surface area contributed by atoms with Crippen LogP contribution in [0.1, 0.15) is 12.8 Å². The molecular formula is C7H12BrN. The Morgan fingerprint density at radius 3 is 2.44 bits per heavy atom. The molecule has 3 fully saturated rings. The molecule has 0 aromatic rings. The van der Waals surface area contributed by atoms with Crippen LogP contribution < -0.4 is 5.32 Å². The van der Waals surface area contributed by atoms with Crippen molar-refractivity contribution in [3.05, 3.63) is 0 Å². The highest BCUT2D eigenvalue weighted by atomic mass is 79.9. The van der Waals surface area contributed by atoms with Gasteiger partial charge in [0, 0.05) is 10.9 Å². The van der Waals surface area contributed by atoms with Crippen molar-refractivity contribution in [1.82, 2.24) is 5.32 Å². The van der Waals surface area contributed by atoms with Crippen molar-refractivity contribution >= 4 is 15.9 Å². The molecule has 2 bridgehead atoms. The molecule has 0 aliphatic heterocycles. The van der Waals surface area contributed by atoms with Crippen LogP contribution in [0.15, 0.2) is 0 Å². The van der Waals surface area contributed by atoms with Crippen molar-refractivity contribution in [2.75, 3.05) is 12.4 Å². The highest BCUT2D eigenvalue weighted by molar-refractivity contribution is 9.09. The Morgan fingerprint density at radius 1 is 1.67 bits per heavy atom. The second-order valence-corrected chi connectivity index (χ2v) is 3.98. The average molecular weight is 190 g/mol. The van der Waals surface area contributed by atoms with Gasteiger partial charge in [-0.05, 0) is 31.7 Å². The van der Waals surface area contributed by atoms with Gasteiger partial charge in [0.2, 0.25) is 0 Å². The van der Waals surface area contributed by atoms with Crippen LogP contribution in [0.2, 0.25) is 0 Å². The molecule has 9 heavy (non-hydrogen) atoms. The lowest BCUT2D eigenvalue weighted by Gasteiger charge is -2.68. The van der Waals surface area contributed by atoms with E-state index < -0.39 is 0 Å². The summed E-state index contributed by atoms with van der Waals surface area (Å²) in [6, 6.07) is 0. The van der Waals surface area contributed by atoms with Gasteiger partial charge in [-0.25, -0.2) is 0 Å². The van der Waals surface area contributed by atoms with Crippen molar-refractivity contribution < 1.29 is 0 Å². The quantitative estimate of drug-likeness (QED) is 0.648. The highest BCUT2D eigenvalue weighted by Gasteiger charge is 2.63. The third-order valence-electron chi connectivity index (χ3n) is 3.20. The number of rotatable bonds is 2. The first-order chi connectivity index (χ1) is 4.32. The molecule has 1 N–H and O–H groups in total. The first-order valence-corrected chi connectivity index (χ1v) is 4.69. The number of halogens is 1. The molecule has 1 unspecified atom stereocenters. The van der Waals surface area contributed by atoms with E-state index in [0.717, 1.165) is 11.8 Å². The lowest BCUT2D eigenvalue weighted by molar-refractivity contribution is -0.117. The minimum atomic E-state index is 0.578. The first kappa shape index (κ1) is 6.17. The van der Waals surface area contributed by atoms with E-state index in [1.165, 1.54) is 18.2 Å². The van der Waals surface area contributed by atoms with Gasteiger partial charge in [-0.15, -0.1) is 0 Å². The summed E-state index contributed by atoms with van der Waals surface area (Å²) in [4.78, 5) is 0. The van der Waals surface area contributed by atoms with E-state index in [4.69, 9.17) is 0 Å². The summed E-state index contributed by atoms with van der Waals surface area (Å²) < 4.78 is 0. The molecule has 0 radical (unpaired) electrons. The van der Waals surface area contributed by atoms with Crippen molar-refractivity contribution in [2.45, 2.75) is 18.4 Å². The van der Waals surface area contributed by atoms with Gasteiger partial charge in [0.25, 0.3) is 0 Å². The Kier molecular flexibility index (Phi) is 1.18. The monoisotopic (exact) mass is 189 g/mol. The largest absolute Gasteiger partial charge is 0.314 e. The summed E-state index contributed by atoms with van der Waals surface area (Å²) >= 11 is 3.53. The smallest absolute Gasteiger partial charge is 0.0222 e. The van der Waals surface area contributed by atoms with Gasteiger partial charge in [-0.2, -0.15) is 0 Å². The fraction of sp³-hybridized carbons (Fsp3) is 1.00. The van der Waals surface area contributed by atoms with Crippen molar-refractivity contribution in [3.8, 4) is 0 Å². The van der Waals surface area contributed by atoms with E-state index in [9.17, 15) is 0 Å². The maximum atomic E-state index is 3.53. The molecule has 0 heterocycles. The van der Waals surface area contributed by atoms with Gasteiger partial charge in [0.05, 0.1) is 0 Å². The van der Waals surface area contributed by atoms with Crippen molar-refractivity contribution in [3.63, 3.8) is 0 Å². The summed E-state index contributed by atoms with van der Waals surface area (Å²) in [5, 5.41) is 4.61. The van der Waals surface area contributed by atoms with Crippen LogP contribution in [0.5, 0.6) is 0 Å². The minimum Gasteiger partial charge on any atom is -0.314 e. The third-order valence-corrected chi connectivity index (χ3v) is 3.89. The van der Waals surface area contributed by atoms with Crippen LogP contribution in [-0.4, -0.2) is 17.9 Å². The molecule has 3 aliphatic rings. The van der Waals surface area contributed by atoms with Crippen LogP contribution >= 0.6 is 15.9 Å². The summed E-state index contributed by atoms with van der Waals surface area (Å²) in [5.74, 6) is 2.00. The maximum Gasteiger partial charge on any atom is 0.0222 e. The van der Waals surface area contributed by atoms with Crippen LogP contribution in [-0.2, 0) is 0 Å². The molecule has 3 saturated carbocycles. The second kappa shape index (κ2) is 1.73. The predicted octanol–water partition coefficient (Wildman–Crippen LogP) is 1.38. The fourth-order valence-electron chi connectivity index (χ4n) is 2.26. The molecule has 2 heteroatoms. The van der Waals surface area contributed by atoms with Gasteiger partial charge in [-0.3, -0.25) is 0 Å². The van der Waals surface area contributed by atoms with Gasteiger partial charge >= 0.3 is 0 Å². The summed E-state index contributed by atoms with van der Waals surface area (Å²) in [6.45, 7) is 0. The lowest BCUT2D eigenvalue weighted by atomic mass is 9.43. The van der Waals surface area contributed by atoms with Gasteiger partial charge in [-0.1, -0.05) is 15.9 Å². The topological polar surface area (TPSA) is 12.0 Å². The molecule has 3 aliphatic carbocycles. The Morgan fingerprint density at radius 2 is 2.33 bits per heavy atom. The normalized spacial score (nSPS) is 54.0. The molecule has 1 nitrogen and oxygen atoms in total. The highest BCUT2D eigenvalue weighted by Crippen LogP contribution is 2.62. The molecular weight excluding hydrogens is 178 g/mol. The molecule has 1 atom stereocenters. The summed E-state index contributed by atoms with van der Waals surface area (Å²) in [7, 11) is 2.09. The van der Waals surface area contributed by atoms with E-state index in [1.807, 2.05) is 0 Å². The molecule has 0 amide bonds. The minimum absolute atomic E-state index is 0.578. The zero-order chi connectivity index (χ0) is 6.48. The maximum absolute atomic E-state index is 3.53. The Bertz CT molecular complexity index is 123. The number of hydrogen-bond donors (Lipinski definition) is 1. The number of hydrogen-bond acceptors (Lipinski definition) is 1. The second-order valence-electron chi connectivity index (χ2n) is 3.34. The molecule has 0 spiro atoms. The van der Waals surface area contributed by atoms with Gasteiger partial charge < -0.3 is 5.32 Å². The van der Waals surface area contributed by atoms with Gasteiger partial charge in [0.15, 0.2) is 0 Å². The predicted molar refractivity (Wildman–Crippen MR) is 41.8 cm³/mol. The summed E-state index contributed by atoms with van der Waals surface area (Å²) in [6.07, 6.45) is 2.86. The van der Waals surface area contributed by atoms with E-state index in [0.29, 0.717) is 5.54 Å². The molecule has 0 aromatic carbocycles. The van der Waals surface area contributed by atoms with E-state index in [2.05, 4.69) is 28.3 Å². The van der Waals surface area contributed by atoms with E-state index in [1.54, 1.807) is 0 Å². The average Bonchev–Trinajstić information content (AvgIpc) is 1.62. The molecule has 0 aromatic heterocycles. The standard InChI is InChI=1S/C7H12BrN/c1-9-7-2-5(3-7)6(7)4-8/h5-6,9H,2-4H2,1H3.